The largest absolute Gasteiger partial charge is 0.354 e. The number of nitrogens with one attached hydrogen (secondary N) is 1. The molecular weight excluding hydrogens is 224 g/mol. The van der Waals surface area contributed by atoms with E-state index in [0.717, 1.165) is 25.3 Å². The maximum Gasteiger partial charge on any atom is 0.136 e. The van der Waals surface area contributed by atoms with Crippen molar-refractivity contribution >= 4 is 5.82 Å². The van der Waals surface area contributed by atoms with Crippen LogP contribution in [0.15, 0.2) is 12.5 Å². The second-order valence-electron chi connectivity index (χ2n) is 4.71. The zero-order valence-electron chi connectivity index (χ0n) is 12.1. The fourth-order valence-corrected chi connectivity index (χ4v) is 2.01. The quantitative estimate of drug-likeness (QED) is 0.770. The highest BCUT2D eigenvalue weighted by atomic mass is 15.2. The SMILES string of the molecule is CCCCN(c1ncncc1CNC)C(C)CC. The smallest absolute Gasteiger partial charge is 0.136 e. The molecule has 0 aliphatic carbocycles. The summed E-state index contributed by atoms with van der Waals surface area (Å²) in [5.74, 6) is 1.09. The van der Waals surface area contributed by atoms with E-state index in [1.54, 1.807) is 6.33 Å². The van der Waals surface area contributed by atoms with E-state index in [0.29, 0.717) is 6.04 Å². The van der Waals surface area contributed by atoms with Gasteiger partial charge in [-0.2, -0.15) is 0 Å². The normalized spacial score (nSPS) is 12.4. The van der Waals surface area contributed by atoms with Gasteiger partial charge >= 0.3 is 0 Å². The predicted octanol–water partition coefficient (Wildman–Crippen LogP) is 2.60. The Morgan fingerprint density at radius 3 is 2.78 bits per heavy atom. The summed E-state index contributed by atoms with van der Waals surface area (Å²) in [5.41, 5.74) is 1.18. The standard InChI is InChI=1S/C14H26N4/c1-5-7-8-18(12(3)6-2)14-13(9-15-4)10-16-11-17-14/h10-12,15H,5-9H2,1-4H3. The summed E-state index contributed by atoms with van der Waals surface area (Å²) in [6, 6.07) is 0.516. The van der Waals surface area contributed by atoms with Gasteiger partial charge in [-0.05, 0) is 26.8 Å². The van der Waals surface area contributed by atoms with Crippen molar-refractivity contribution in [2.75, 3.05) is 18.5 Å². The van der Waals surface area contributed by atoms with E-state index in [4.69, 9.17) is 0 Å². The highest BCUT2D eigenvalue weighted by Crippen LogP contribution is 2.20. The lowest BCUT2D eigenvalue weighted by Gasteiger charge is -2.31. The molecule has 0 fully saturated rings. The topological polar surface area (TPSA) is 41.1 Å². The van der Waals surface area contributed by atoms with Crippen LogP contribution >= 0.6 is 0 Å². The summed E-state index contributed by atoms with van der Waals surface area (Å²) < 4.78 is 0. The van der Waals surface area contributed by atoms with Crippen molar-refractivity contribution in [1.82, 2.24) is 15.3 Å². The lowest BCUT2D eigenvalue weighted by atomic mass is 10.1. The van der Waals surface area contributed by atoms with E-state index in [1.807, 2.05) is 13.2 Å². The van der Waals surface area contributed by atoms with Gasteiger partial charge in [0, 0.05) is 30.9 Å². The molecule has 102 valence electrons. The Labute approximate surface area is 111 Å². The Morgan fingerprint density at radius 2 is 2.17 bits per heavy atom. The molecule has 1 aromatic heterocycles. The van der Waals surface area contributed by atoms with Crippen molar-refractivity contribution in [3.8, 4) is 0 Å². The van der Waals surface area contributed by atoms with Crippen molar-refractivity contribution in [3.05, 3.63) is 18.1 Å². The molecule has 1 N–H and O–H groups in total. The summed E-state index contributed by atoms with van der Waals surface area (Å²) in [6.45, 7) is 8.60. The molecule has 0 bridgehead atoms. The second-order valence-corrected chi connectivity index (χ2v) is 4.71. The highest BCUT2D eigenvalue weighted by molar-refractivity contribution is 5.46. The predicted molar refractivity (Wildman–Crippen MR) is 76.8 cm³/mol. The molecule has 1 unspecified atom stereocenters. The summed E-state index contributed by atoms with van der Waals surface area (Å²) in [4.78, 5) is 11.0. The Balaban J connectivity index is 2.95. The molecule has 1 rings (SSSR count). The van der Waals surface area contributed by atoms with E-state index in [1.165, 1.54) is 18.4 Å². The third-order valence-corrected chi connectivity index (χ3v) is 3.28. The third-order valence-electron chi connectivity index (χ3n) is 3.28. The zero-order chi connectivity index (χ0) is 13.4. The lowest BCUT2D eigenvalue weighted by Crippen LogP contribution is -2.35. The molecule has 4 nitrogen and oxygen atoms in total. The van der Waals surface area contributed by atoms with Crippen LogP contribution in [0.3, 0.4) is 0 Å². The number of nitrogens with zero attached hydrogens (tertiary/aromatic N) is 3. The van der Waals surface area contributed by atoms with Crippen LogP contribution in [0.2, 0.25) is 0 Å². The van der Waals surface area contributed by atoms with Crippen molar-refractivity contribution in [3.63, 3.8) is 0 Å². The van der Waals surface area contributed by atoms with Crippen LogP contribution < -0.4 is 10.2 Å². The number of rotatable bonds is 8. The molecule has 0 aliphatic rings. The van der Waals surface area contributed by atoms with Crippen LogP contribution in [0.4, 0.5) is 5.82 Å². The van der Waals surface area contributed by atoms with Gasteiger partial charge in [-0.25, -0.2) is 9.97 Å². The maximum atomic E-state index is 4.49. The molecular formula is C14H26N4. The minimum absolute atomic E-state index is 0.516. The Morgan fingerprint density at radius 1 is 1.39 bits per heavy atom. The molecule has 0 saturated heterocycles. The summed E-state index contributed by atoms with van der Waals surface area (Å²) in [5, 5.41) is 3.19. The summed E-state index contributed by atoms with van der Waals surface area (Å²) in [7, 11) is 1.95. The first-order valence-corrected chi connectivity index (χ1v) is 6.94. The second kappa shape index (κ2) is 8.03. The van der Waals surface area contributed by atoms with Gasteiger partial charge in [-0.3, -0.25) is 0 Å². The average Bonchev–Trinajstić information content (AvgIpc) is 2.40. The maximum absolute atomic E-state index is 4.49. The van der Waals surface area contributed by atoms with Crippen LogP contribution in [0, 0.1) is 0 Å². The van der Waals surface area contributed by atoms with E-state index < -0.39 is 0 Å². The van der Waals surface area contributed by atoms with Crippen LogP contribution in [0.5, 0.6) is 0 Å². The summed E-state index contributed by atoms with van der Waals surface area (Å²) in [6.07, 6.45) is 7.11. The van der Waals surface area contributed by atoms with Gasteiger partial charge in [0.1, 0.15) is 12.1 Å². The Hall–Kier alpha value is -1.16. The van der Waals surface area contributed by atoms with E-state index in [9.17, 15) is 0 Å². The minimum atomic E-state index is 0.516. The molecule has 1 aromatic rings. The first-order valence-electron chi connectivity index (χ1n) is 6.94. The zero-order valence-corrected chi connectivity index (χ0v) is 12.1. The molecule has 0 aromatic carbocycles. The van der Waals surface area contributed by atoms with Crippen molar-refractivity contribution in [2.24, 2.45) is 0 Å². The van der Waals surface area contributed by atoms with Gasteiger partial charge < -0.3 is 10.2 Å². The van der Waals surface area contributed by atoms with E-state index in [2.05, 4.69) is 41.0 Å². The van der Waals surface area contributed by atoms with Gasteiger partial charge in [-0.1, -0.05) is 20.3 Å². The van der Waals surface area contributed by atoms with E-state index in [-0.39, 0.29) is 0 Å². The van der Waals surface area contributed by atoms with Gasteiger partial charge in [0.25, 0.3) is 0 Å². The van der Waals surface area contributed by atoms with Crippen LogP contribution in [-0.2, 0) is 6.54 Å². The molecule has 18 heavy (non-hydrogen) atoms. The monoisotopic (exact) mass is 250 g/mol. The van der Waals surface area contributed by atoms with Gasteiger partial charge in [0.2, 0.25) is 0 Å². The fraction of sp³-hybridized carbons (Fsp3) is 0.714. The molecule has 0 spiro atoms. The van der Waals surface area contributed by atoms with E-state index >= 15 is 0 Å². The van der Waals surface area contributed by atoms with Gasteiger partial charge in [0.05, 0.1) is 0 Å². The van der Waals surface area contributed by atoms with Gasteiger partial charge in [0.15, 0.2) is 0 Å². The van der Waals surface area contributed by atoms with Crippen molar-refractivity contribution < 1.29 is 0 Å². The molecule has 0 saturated carbocycles. The Kier molecular flexibility index (Phi) is 6.65. The molecule has 1 atom stereocenters. The minimum Gasteiger partial charge on any atom is -0.354 e. The third kappa shape index (κ3) is 3.95. The fourth-order valence-electron chi connectivity index (χ4n) is 2.01. The molecule has 4 heteroatoms. The first kappa shape index (κ1) is 14.9. The van der Waals surface area contributed by atoms with Crippen LogP contribution in [0.1, 0.15) is 45.6 Å². The molecule has 0 radical (unpaired) electrons. The summed E-state index contributed by atoms with van der Waals surface area (Å²) >= 11 is 0. The lowest BCUT2D eigenvalue weighted by molar-refractivity contribution is 0.584. The molecule has 0 aliphatic heterocycles. The van der Waals surface area contributed by atoms with Crippen molar-refractivity contribution in [1.29, 1.82) is 0 Å². The number of hydrogen-bond donors (Lipinski definition) is 1. The molecule has 0 amide bonds. The van der Waals surface area contributed by atoms with Crippen LogP contribution in [0.25, 0.3) is 0 Å². The van der Waals surface area contributed by atoms with Gasteiger partial charge in [-0.15, -0.1) is 0 Å². The Bertz CT molecular complexity index is 340. The highest BCUT2D eigenvalue weighted by Gasteiger charge is 2.16. The average molecular weight is 250 g/mol. The van der Waals surface area contributed by atoms with Crippen molar-refractivity contribution in [2.45, 2.75) is 52.6 Å². The van der Waals surface area contributed by atoms with Crippen LogP contribution in [-0.4, -0.2) is 29.6 Å². The number of hydrogen-bond acceptors (Lipinski definition) is 4. The number of anilines is 1. The number of unbranched alkanes of at least 4 members (excludes halogenated alkanes) is 1. The first-order chi connectivity index (χ1) is 8.74. The number of aromatic nitrogens is 2. The molecule has 1 heterocycles.